The third-order valence-electron chi connectivity index (χ3n) is 7.66. The number of hydrogen-bond donors (Lipinski definition) is 3. The molecule has 3 N–H and O–H groups in total. The molecule has 1 amide bonds. The maximum Gasteiger partial charge on any atom is 0.242 e. The van der Waals surface area contributed by atoms with Crippen LogP contribution < -0.4 is 10.0 Å². The van der Waals surface area contributed by atoms with Gasteiger partial charge in [-0.3, -0.25) is 9.59 Å². The third-order valence-corrected chi connectivity index (χ3v) is 9.10. The van der Waals surface area contributed by atoms with Crippen LogP contribution in [0.5, 0.6) is 0 Å². The molecular weight excluding hydrogens is 572 g/mol. The van der Waals surface area contributed by atoms with Crippen molar-refractivity contribution in [1.29, 1.82) is 0 Å². The SMILES string of the molecule is CCCCC(=O)Nc1ccc(-c2ccc(C(=O)CC(CCc3ccccc3)C(O)NS(=O)(=O)c3ccccc3)c(C)c2)cc1. The molecule has 7 nitrogen and oxygen atoms in total. The Morgan fingerprint density at radius 2 is 1.48 bits per heavy atom. The van der Waals surface area contributed by atoms with Gasteiger partial charge in [0.05, 0.1) is 4.90 Å². The van der Waals surface area contributed by atoms with E-state index in [9.17, 15) is 23.1 Å². The van der Waals surface area contributed by atoms with Crippen molar-refractivity contribution < 1.29 is 23.1 Å². The molecule has 2 atom stereocenters. The van der Waals surface area contributed by atoms with Gasteiger partial charge in [-0.05, 0) is 72.7 Å². The number of amides is 1. The highest BCUT2D eigenvalue weighted by Crippen LogP contribution is 2.27. The fraction of sp³-hybridized carbons (Fsp3) is 0.278. The Morgan fingerprint density at radius 3 is 2.11 bits per heavy atom. The Balaban J connectivity index is 1.48. The van der Waals surface area contributed by atoms with E-state index in [1.165, 1.54) is 12.1 Å². The number of carbonyl (C=O) groups excluding carboxylic acids is 2. The van der Waals surface area contributed by atoms with E-state index in [2.05, 4.69) is 10.0 Å². The Kier molecular flexibility index (Phi) is 11.6. The van der Waals surface area contributed by atoms with E-state index >= 15 is 0 Å². The molecule has 0 bridgehead atoms. The van der Waals surface area contributed by atoms with Gasteiger partial charge in [-0.2, -0.15) is 4.72 Å². The second-order valence-corrected chi connectivity index (χ2v) is 12.8. The van der Waals surface area contributed by atoms with E-state index in [-0.39, 0.29) is 23.0 Å². The van der Waals surface area contributed by atoms with Crippen LogP contribution in [0.25, 0.3) is 11.1 Å². The van der Waals surface area contributed by atoms with E-state index < -0.39 is 22.2 Å². The second kappa shape index (κ2) is 15.6. The van der Waals surface area contributed by atoms with Crippen LogP contribution >= 0.6 is 0 Å². The fourth-order valence-corrected chi connectivity index (χ4v) is 6.26. The first-order valence-electron chi connectivity index (χ1n) is 15.0. The number of unbranched alkanes of at least 4 members (excludes halogenated alkanes) is 1. The standard InChI is InChI=1S/C36H40N2O5S/c1-3-4-15-35(40)37-31-21-18-28(19-22-31)29-20-23-33(26(2)24-29)34(39)25-30(17-16-27-11-7-5-8-12-27)36(41)38-44(42,43)32-13-9-6-10-14-32/h5-14,18-24,30,36,38,41H,3-4,15-17,25H2,1-2H3,(H,37,40). The van der Waals surface area contributed by atoms with E-state index in [0.717, 1.165) is 40.8 Å². The average molecular weight is 613 g/mol. The van der Waals surface area contributed by atoms with Crippen molar-refractivity contribution in [2.24, 2.45) is 5.92 Å². The van der Waals surface area contributed by atoms with Gasteiger partial charge in [-0.1, -0.05) is 92.2 Å². The lowest BCUT2D eigenvalue weighted by Crippen LogP contribution is -2.41. The summed E-state index contributed by atoms with van der Waals surface area (Å²) in [5, 5.41) is 14.0. The van der Waals surface area contributed by atoms with E-state index in [1.807, 2.05) is 80.6 Å². The lowest BCUT2D eigenvalue weighted by atomic mass is 9.89. The Hall–Kier alpha value is -4.11. The molecule has 0 heterocycles. The summed E-state index contributed by atoms with van der Waals surface area (Å²) in [5.74, 6) is -0.825. The molecule has 8 heteroatoms. The average Bonchev–Trinajstić information content (AvgIpc) is 3.03. The molecule has 0 aliphatic carbocycles. The number of anilines is 1. The largest absolute Gasteiger partial charge is 0.377 e. The van der Waals surface area contributed by atoms with Crippen molar-refractivity contribution in [3.8, 4) is 11.1 Å². The first-order chi connectivity index (χ1) is 21.2. The smallest absolute Gasteiger partial charge is 0.242 e. The molecule has 0 saturated heterocycles. The molecule has 0 aliphatic heterocycles. The molecule has 0 fully saturated rings. The Morgan fingerprint density at radius 1 is 0.841 bits per heavy atom. The predicted molar refractivity (Wildman–Crippen MR) is 175 cm³/mol. The van der Waals surface area contributed by atoms with Gasteiger partial charge in [0, 0.05) is 30.0 Å². The van der Waals surface area contributed by atoms with Crippen LogP contribution in [0.1, 0.15) is 60.5 Å². The number of hydrogen-bond acceptors (Lipinski definition) is 5. The maximum atomic E-state index is 13.6. The normalized spacial score (nSPS) is 12.8. The zero-order chi connectivity index (χ0) is 31.5. The predicted octanol–water partition coefficient (Wildman–Crippen LogP) is 6.91. The van der Waals surface area contributed by atoms with Crippen LogP contribution in [0.15, 0.2) is 108 Å². The summed E-state index contributed by atoms with van der Waals surface area (Å²) >= 11 is 0. The molecule has 4 rings (SSSR count). The summed E-state index contributed by atoms with van der Waals surface area (Å²) in [6.07, 6.45) is 1.82. The van der Waals surface area contributed by atoms with Crippen LogP contribution in [0, 0.1) is 12.8 Å². The maximum absolute atomic E-state index is 13.6. The minimum absolute atomic E-state index is 0.00151. The number of rotatable bonds is 15. The summed E-state index contributed by atoms with van der Waals surface area (Å²) < 4.78 is 28.3. The molecule has 0 spiro atoms. The van der Waals surface area contributed by atoms with Gasteiger partial charge in [0.1, 0.15) is 6.23 Å². The van der Waals surface area contributed by atoms with Gasteiger partial charge in [0.25, 0.3) is 0 Å². The van der Waals surface area contributed by atoms with Crippen molar-refractivity contribution in [1.82, 2.24) is 4.72 Å². The molecule has 0 aromatic heterocycles. The first-order valence-corrected chi connectivity index (χ1v) is 16.5. The highest BCUT2D eigenvalue weighted by molar-refractivity contribution is 7.89. The number of benzene rings is 4. The fourth-order valence-electron chi connectivity index (χ4n) is 5.10. The molecule has 2 unspecified atom stereocenters. The van der Waals surface area contributed by atoms with Crippen LogP contribution in [-0.2, 0) is 21.2 Å². The minimum atomic E-state index is -3.98. The number of carbonyl (C=O) groups is 2. The van der Waals surface area contributed by atoms with Gasteiger partial charge >= 0.3 is 0 Å². The molecule has 230 valence electrons. The van der Waals surface area contributed by atoms with Crippen molar-refractivity contribution >= 4 is 27.4 Å². The molecular formula is C36H40N2O5S. The van der Waals surface area contributed by atoms with Crippen molar-refractivity contribution in [3.63, 3.8) is 0 Å². The number of nitrogens with one attached hydrogen (secondary N) is 2. The number of sulfonamides is 1. The van der Waals surface area contributed by atoms with Crippen LogP contribution in [0.2, 0.25) is 0 Å². The summed E-state index contributed by atoms with van der Waals surface area (Å²) in [6.45, 7) is 3.92. The monoisotopic (exact) mass is 612 g/mol. The van der Waals surface area contributed by atoms with Crippen LogP contribution in [-0.4, -0.2) is 31.4 Å². The number of aliphatic hydroxyl groups is 1. The summed E-state index contributed by atoms with van der Waals surface area (Å²) in [7, 11) is -3.98. The number of Topliss-reactive ketones (excluding diaryl/α,β-unsaturated/α-hetero) is 1. The summed E-state index contributed by atoms with van der Waals surface area (Å²) in [4.78, 5) is 25.7. The van der Waals surface area contributed by atoms with Crippen LogP contribution in [0.4, 0.5) is 5.69 Å². The summed E-state index contributed by atoms with van der Waals surface area (Å²) in [6, 6.07) is 30.8. The number of aliphatic hydroxyl groups excluding tert-OH is 1. The zero-order valence-electron chi connectivity index (χ0n) is 25.2. The van der Waals surface area contributed by atoms with Crippen molar-refractivity contribution in [3.05, 3.63) is 120 Å². The first kappa shape index (κ1) is 32.8. The Labute approximate surface area is 260 Å². The molecule has 0 aliphatic rings. The van der Waals surface area contributed by atoms with Crippen LogP contribution in [0.3, 0.4) is 0 Å². The minimum Gasteiger partial charge on any atom is -0.377 e. The van der Waals surface area contributed by atoms with Gasteiger partial charge in [0.15, 0.2) is 5.78 Å². The molecule has 0 radical (unpaired) electrons. The van der Waals surface area contributed by atoms with Crippen molar-refractivity contribution in [2.45, 2.75) is 63.5 Å². The van der Waals surface area contributed by atoms with Gasteiger partial charge in [-0.15, -0.1) is 0 Å². The number of ketones is 1. The van der Waals surface area contributed by atoms with E-state index in [0.29, 0.717) is 24.8 Å². The van der Waals surface area contributed by atoms with Gasteiger partial charge < -0.3 is 10.4 Å². The third kappa shape index (κ3) is 9.19. The second-order valence-electron chi connectivity index (χ2n) is 11.0. The lowest BCUT2D eigenvalue weighted by Gasteiger charge is -2.24. The highest BCUT2D eigenvalue weighted by atomic mass is 32.2. The highest BCUT2D eigenvalue weighted by Gasteiger charge is 2.28. The number of aryl methyl sites for hydroxylation is 2. The topological polar surface area (TPSA) is 113 Å². The Bertz CT molecular complexity index is 1640. The molecule has 4 aromatic rings. The van der Waals surface area contributed by atoms with E-state index in [1.54, 1.807) is 24.3 Å². The summed E-state index contributed by atoms with van der Waals surface area (Å²) in [5.41, 5.74) is 4.96. The van der Waals surface area contributed by atoms with Crippen molar-refractivity contribution in [2.75, 3.05) is 5.32 Å². The van der Waals surface area contributed by atoms with Gasteiger partial charge in [-0.25, -0.2) is 8.42 Å². The van der Waals surface area contributed by atoms with E-state index in [4.69, 9.17) is 0 Å². The molecule has 4 aromatic carbocycles. The zero-order valence-corrected chi connectivity index (χ0v) is 26.0. The quantitative estimate of drug-likeness (QED) is 0.0998. The molecule has 44 heavy (non-hydrogen) atoms. The molecule has 0 saturated carbocycles. The van der Waals surface area contributed by atoms with Gasteiger partial charge in [0.2, 0.25) is 15.9 Å². The lowest BCUT2D eigenvalue weighted by molar-refractivity contribution is -0.116.